The summed E-state index contributed by atoms with van der Waals surface area (Å²) in [5.41, 5.74) is 3.02. The van der Waals surface area contributed by atoms with Crippen LogP contribution in [0.25, 0.3) is 21.7 Å². The lowest BCUT2D eigenvalue weighted by Gasteiger charge is -2.10. The van der Waals surface area contributed by atoms with Gasteiger partial charge in [-0.2, -0.15) is 0 Å². The molecule has 124 valence electrons. The Morgan fingerprint density at radius 1 is 0.833 bits per heavy atom. The highest BCUT2D eigenvalue weighted by Crippen LogP contribution is 2.40. The third-order valence-electron chi connectivity index (χ3n) is 3.72. The number of hydrogen-bond donors (Lipinski definition) is 0. The van der Waals surface area contributed by atoms with Gasteiger partial charge in [-0.3, -0.25) is 0 Å². The van der Waals surface area contributed by atoms with E-state index in [4.69, 9.17) is 19.2 Å². The first kappa shape index (κ1) is 16.3. The summed E-state index contributed by atoms with van der Waals surface area (Å²) in [7, 11) is 4.94. The Balaban J connectivity index is 2.12. The average Bonchev–Trinajstić information content (AvgIpc) is 3.03. The van der Waals surface area contributed by atoms with E-state index in [1.54, 1.807) is 32.7 Å². The Morgan fingerprint density at radius 3 is 2.33 bits per heavy atom. The van der Waals surface area contributed by atoms with Crippen LogP contribution in [0.2, 0.25) is 0 Å². The zero-order valence-electron chi connectivity index (χ0n) is 14.1. The fourth-order valence-corrected chi connectivity index (χ4v) is 3.50. The minimum Gasteiger partial charge on any atom is -0.497 e. The van der Waals surface area contributed by atoms with Gasteiger partial charge in [0.05, 0.1) is 36.9 Å². The predicted molar refractivity (Wildman–Crippen MR) is 97.4 cm³/mol. The van der Waals surface area contributed by atoms with E-state index in [1.807, 2.05) is 43.3 Å². The number of methoxy groups -OCH3 is 3. The molecule has 5 heteroatoms. The van der Waals surface area contributed by atoms with Crippen LogP contribution < -0.4 is 14.2 Å². The SMILES string of the molecule is COc1cccc(-c2sc(C)nc2-c2ccc(OC)c(OC)c2)c1. The van der Waals surface area contributed by atoms with Crippen molar-refractivity contribution in [2.45, 2.75) is 6.92 Å². The van der Waals surface area contributed by atoms with Crippen molar-refractivity contribution in [2.75, 3.05) is 21.3 Å². The molecule has 0 unspecified atom stereocenters. The number of aryl methyl sites for hydroxylation is 1. The van der Waals surface area contributed by atoms with Crippen molar-refractivity contribution in [1.82, 2.24) is 4.98 Å². The van der Waals surface area contributed by atoms with Gasteiger partial charge in [0, 0.05) is 5.56 Å². The van der Waals surface area contributed by atoms with E-state index in [0.29, 0.717) is 11.5 Å². The molecular formula is C19H19NO3S. The maximum absolute atomic E-state index is 5.42. The monoisotopic (exact) mass is 341 g/mol. The second kappa shape index (κ2) is 6.93. The summed E-state index contributed by atoms with van der Waals surface area (Å²) < 4.78 is 16.1. The van der Waals surface area contributed by atoms with Gasteiger partial charge in [-0.15, -0.1) is 11.3 Å². The molecule has 0 fully saturated rings. The molecule has 0 aliphatic heterocycles. The smallest absolute Gasteiger partial charge is 0.161 e. The molecule has 0 atom stereocenters. The van der Waals surface area contributed by atoms with E-state index in [9.17, 15) is 0 Å². The number of ether oxygens (including phenoxy) is 3. The molecule has 2 aromatic carbocycles. The summed E-state index contributed by atoms with van der Waals surface area (Å²) in [6.07, 6.45) is 0. The molecule has 0 saturated heterocycles. The first-order chi connectivity index (χ1) is 11.7. The van der Waals surface area contributed by atoms with Gasteiger partial charge >= 0.3 is 0 Å². The molecule has 0 spiro atoms. The van der Waals surface area contributed by atoms with E-state index >= 15 is 0 Å². The van der Waals surface area contributed by atoms with E-state index in [1.165, 1.54) is 0 Å². The summed E-state index contributed by atoms with van der Waals surface area (Å²) in [4.78, 5) is 5.83. The maximum Gasteiger partial charge on any atom is 0.161 e. The Morgan fingerprint density at radius 2 is 1.62 bits per heavy atom. The van der Waals surface area contributed by atoms with Gasteiger partial charge < -0.3 is 14.2 Å². The molecule has 0 amide bonds. The third kappa shape index (κ3) is 3.08. The van der Waals surface area contributed by atoms with Crippen LogP contribution in [-0.4, -0.2) is 26.3 Å². The number of thiazole rings is 1. The molecular weight excluding hydrogens is 322 g/mol. The zero-order valence-corrected chi connectivity index (χ0v) is 14.9. The molecule has 0 bridgehead atoms. The van der Waals surface area contributed by atoms with Crippen LogP contribution in [0.5, 0.6) is 17.2 Å². The standard InChI is InChI=1S/C19H19NO3S/c1-12-20-18(13-8-9-16(22-3)17(11-13)23-4)19(24-12)14-6-5-7-15(10-14)21-2/h5-11H,1-4H3. The minimum absolute atomic E-state index is 0.692. The van der Waals surface area contributed by atoms with Crippen molar-refractivity contribution in [1.29, 1.82) is 0 Å². The largest absolute Gasteiger partial charge is 0.497 e. The van der Waals surface area contributed by atoms with E-state index in [-0.39, 0.29) is 0 Å². The second-order valence-electron chi connectivity index (χ2n) is 5.21. The highest BCUT2D eigenvalue weighted by atomic mass is 32.1. The molecule has 1 heterocycles. The zero-order chi connectivity index (χ0) is 17.1. The van der Waals surface area contributed by atoms with Gasteiger partial charge in [0.15, 0.2) is 11.5 Å². The topological polar surface area (TPSA) is 40.6 Å². The van der Waals surface area contributed by atoms with Gasteiger partial charge in [0.2, 0.25) is 0 Å². The fraction of sp³-hybridized carbons (Fsp3) is 0.211. The van der Waals surface area contributed by atoms with Crippen molar-refractivity contribution in [2.24, 2.45) is 0 Å². The van der Waals surface area contributed by atoms with Gasteiger partial charge in [0.1, 0.15) is 5.75 Å². The molecule has 0 radical (unpaired) electrons. The molecule has 0 aliphatic rings. The van der Waals surface area contributed by atoms with Gasteiger partial charge in [0.25, 0.3) is 0 Å². The lowest BCUT2D eigenvalue weighted by Crippen LogP contribution is -1.91. The van der Waals surface area contributed by atoms with Crippen LogP contribution >= 0.6 is 11.3 Å². The number of hydrogen-bond acceptors (Lipinski definition) is 5. The predicted octanol–water partition coefficient (Wildman–Crippen LogP) is 4.81. The van der Waals surface area contributed by atoms with Crippen molar-refractivity contribution < 1.29 is 14.2 Å². The Hall–Kier alpha value is -2.53. The molecule has 4 nitrogen and oxygen atoms in total. The first-order valence-corrected chi connectivity index (χ1v) is 8.32. The van der Waals surface area contributed by atoms with Crippen molar-refractivity contribution in [3.63, 3.8) is 0 Å². The van der Waals surface area contributed by atoms with E-state index in [0.717, 1.165) is 32.5 Å². The summed E-state index contributed by atoms with van der Waals surface area (Å²) in [6.45, 7) is 2.01. The van der Waals surface area contributed by atoms with Gasteiger partial charge in [-0.1, -0.05) is 12.1 Å². The second-order valence-corrected chi connectivity index (χ2v) is 6.42. The van der Waals surface area contributed by atoms with Gasteiger partial charge in [-0.05, 0) is 42.8 Å². The normalized spacial score (nSPS) is 10.5. The average molecular weight is 341 g/mol. The van der Waals surface area contributed by atoms with Crippen molar-refractivity contribution in [3.8, 4) is 38.9 Å². The van der Waals surface area contributed by atoms with Gasteiger partial charge in [-0.25, -0.2) is 4.98 Å². The molecule has 3 aromatic rings. The molecule has 0 saturated carbocycles. The fourth-order valence-electron chi connectivity index (χ4n) is 2.57. The van der Waals surface area contributed by atoms with Crippen molar-refractivity contribution >= 4 is 11.3 Å². The van der Waals surface area contributed by atoms with Crippen LogP contribution in [0.1, 0.15) is 5.01 Å². The van der Waals surface area contributed by atoms with Crippen molar-refractivity contribution in [3.05, 3.63) is 47.5 Å². The van der Waals surface area contributed by atoms with Crippen LogP contribution in [-0.2, 0) is 0 Å². The molecule has 24 heavy (non-hydrogen) atoms. The lowest BCUT2D eigenvalue weighted by atomic mass is 10.1. The Bertz CT molecular complexity index is 858. The summed E-state index contributed by atoms with van der Waals surface area (Å²) in [5, 5.41) is 1.01. The highest BCUT2D eigenvalue weighted by Gasteiger charge is 2.16. The third-order valence-corrected chi connectivity index (χ3v) is 4.74. The molecule has 0 N–H and O–H groups in total. The lowest BCUT2D eigenvalue weighted by molar-refractivity contribution is 0.355. The highest BCUT2D eigenvalue weighted by molar-refractivity contribution is 7.15. The molecule has 1 aromatic heterocycles. The quantitative estimate of drug-likeness (QED) is 0.668. The van der Waals surface area contributed by atoms with Crippen LogP contribution in [0.4, 0.5) is 0 Å². The Kier molecular flexibility index (Phi) is 4.71. The van der Waals surface area contributed by atoms with E-state index < -0.39 is 0 Å². The number of rotatable bonds is 5. The van der Waals surface area contributed by atoms with Crippen LogP contribution in [0, 0.1) is 6.92 Å². The summed E-state index contributed by atoms with van der Waals surface area (Å²) in [6, 6.07) is 13.9. The minimum atomic E-state index is 0.692. The summed E-state index contributed by atoms with van der Waals surface area (Å²) >= 11 is 1.67. The first-order valence-electron chi connectivity index (χ1n) is 7.50. The number of aromatic nitrogens is 1. The molecule has 0 aliphatic carbocycles. The Labute approximate surface area is 145 Å². The van der Waals surface area contributed by atoms with Crippen LogP contribution in [0.15, 0.2) is 42.5 Å². The van der Waals surface area contributed by atoms with E-state index in [2.05, 4.69) is 6.07 Å². The summed E-state index contributed by atoms with van der Waals surface area (Å²) in [5.74, 6) is 2.23. The number of nitrogens with zero attached hydrogens (tertiary/aromatic N) is 1. The molecule has 3 rings (SSSR count). The number of benzene rings is 2. The van der Waals surface area contributed by atoms with Crippen LogP contribution in [0.3, 0.4) is 0 Å². The maximum atomic E-state index is 5.42.